The molecule has 1 atom stereocenters. The normalized spacial score (nSPS) is 16.0. The molecule has 1 aliphatic rings. The molecule has 29 heavy (non-hydrogen) atoms. The third-order valence-electron chi connectivity index (χ3n) is 4.73. The van der Waals surface area contributed by atoms with Crippen molar-refractivity contribution in [2.45, 2.75) is 6.42 Å². The molecule has 1 fully saturated rings. The summed E-state index contributed by atoms with van der Waals surface area (Å²) >= 11 is 3.39. The Morgan fingerprint density at radius 3 is 2.21 bits per heavy atom. The van der Waals surface area contributed by atoms with Gasteiger partial charge in [0.2, 0.25) is 11.8 Å². The largest absolute Gasteiger partial charge is 0.457 e. The minimum atomic E-state index is -0.374. The van der Waals surface area contributed by atoms with Gasteiger partial charge < -0.3 is 15.0 Å². The SMILES string of the molecule is O=C(Nc1ccc(Oc2ccc(Br)cc2)cc1)[C@H]1CC(=O)N(c2ccccc2)C1. The first-order valence-corrected chi connectivity index (χ1v) is 10.1. The maximum absolute atomic E-state index is 12.6. The number of hydrogen-bond donors (Lipinski definition) is 1. The monoisotopic (exact) mass is 450 g/mol. The topological polar surface area (TPSA) is 58.6 Å². The van der Waals surface area contributed by atoms with E-state index >= 15 is 0 Å². The summed E-state index contributed by atoms with van der Waals surface area (Å²) in [6, 6.07) is 24.2. The Labute approximate surface area is 177 Å². The molecular weight excluding hydrogens is 432 g/mol. The van der Waals surface area contributed by atoms with E-state index in [1.807, 2.05) is 54.6 Å². The average molecular weight is 451 g/mol. The van der Waals surface area contributed by atoms with Crippen LogP contribution in [-0.4, -0.2) is 18.4 Å². The highest BCUT2D eigenvalue weighted by molar-refractivity contribution is 9.10. The van der Waals surface area contributed by atoms with Crippen molar-refractivity contribution in [1.82, 2.24) is 0 Å². The predicted octanol–water partition coefficient (Wildman–Crippen LogP) is 5.23. The number of carbonyl (C=O) groups is 2. The number of halogens is 1. The van der Waals surface area contributed by atoms with Crippen molar-refractivity contribution in [3.63, 3.8) is 0 Å². The Kier molecular flexibility index (Phi) is 5.62. The Morgan fingerprint density at radius 1 is 0.931 bits per heavy atom. The molecule has 1 saturated heterocycles. The molecule has 0 saturated carbocycles. The standard InChI is InChI=1S/C23H19BrN2O3/c24-17-6-10-20(11-7-17)29-21-12-8-18(9-13-21)25-23(28)16-14-22(27)26(15-16)19-4-2-1-3-5-19/h1-13,16H,14-15H2,(H,25,28)/t16-/m0/s1. The Hall–Kier alpha value is -3.12. The second-order valence-corrected chi connectivity index (χ2v) is 7.73. The molecule has 0 radical (unpaired) electrons. The molecule has 1 aliphatic heterocycles. The number of anilines is 2. The van der Waals surface area contributed by atoms with Crippen molar-refractivity contribution in [1.29, 1.82) is 0 Å². The second-order valence-electron chi connectivity index (χ2n) is 6.81. The maximum atomic E-state index is 12.6. The van der Waals surface area contributed by atoms with Gasteiger partial charge in [-0.05, 0) is 60.7 Å². The van der Waals surface area contributed by atoms with Gasteiger partial charge in [-0.1, -0.05) is 34.1 Å². The summed E-state index contributed by atoms with van der Waals surface area (Å²) < 4.78 is 6.77. The highest BCUT2D eigenvalue weighted by Crippen LogP contribution is 2.27. The van der Waals surface area contributed by atoms with Crippen molar-refractivity contribution >= 4 is 39.1 Å². The van der Waals surface area contributed by atoms with Crippen molar-refractivity contribution in [3.8, 4) is 11.5 Å². The average Bonchev–Trinajstić information content (AvgIpc) is 3.14. The summed E-state index contributed by atoms with van der Waals surface area (Å²) in [5.74, 6) is 0.849. The fourth-order valence-electron chi connectivity index (χ4n) is 3.23. The van der Waals surface area contributed by atoms with E-state index in [1.165, 1.54) is 0 Å². The number of benzene rings is 3. The minimum Gasteiger partial charge on any atom is -0.457 e. The van der Waals surface area contributed by atoms with E-state index in [4.69, 9.17) is 4.74 Å². The van der Waals surface area contributed by atoms with Gasteiger partial charge in [-0.25, -0.2) is 0 Å². The van der Waals surface area contributed by atoms with Crippen molar-refractivity contribution < 1.29 is 14.3 Å². The van der Waals surface area contributed by atoms with E-state index in [9.17, 15) is 9.59 Å². The van der Waals surface area contributed by atoms with Crippen LogP contribution in [0.5, 0.6) is 11.5 Å². The molecule has 0 unspecified atom stereocenters. The van der Waals surface area contributed by atoms with Crippen LogP contribution in [0.2, 0.25) is 0 Å². The summed E-state index contributed by atoms with van der Waals surface area (Å²) in [4.78, 5) is 26.6. The van der Waals surface area contributed by atoms with Crippen LogP contribution in [0.15, 0.2) is 83.3 Å². The summed E-state index contributed by atoms with van der Waals surface area (Å²) in [6.07, 6.45) is 0.214. The molecule has 0 spiro atoms. The number of amides is 2. The molecule has 0 aliphatic carbocycles. The van der Waals surface area contributed by atoms with Crippen LogP contribution in [-0.2, 0) is 9.59 Å². The minimum absolute atomic E-state index is 0.0328. The van der Waals surface area contributed by atoms with Gasteiger partial charge in [0.1, 0.15) is 11.5 Å². The fraction of sp³-hybridized carbons (Fsp3) is 0.130. The number of hydrogen-bond acceptors (Lipinski definition) is 3. The zero-order chi connectivity index (χ0) is 20.2. The zero-order valence-electron chi connectivity index (χ0n) is 15.5. The number of carbonyl (C=O) groups excluding carboxylic acids is 2. The van der Waals surface area contributed by atoms with Gasteiger partial charge in [0.25, 0.3) is 0 Å². The Bertz CT molecular complexity index is 1000. The molecule has 5 nitrogen and oxygen atoms in total. The van der Waals surface area contributed by atoms with Crippen LogP contribution < -0.4 is 15.0 Å². The first kappa shape index (κ1) is 19.2. The number of nitrogens with one attached hydrogen (secondary N) is 1. The quantitative estimate of drug-likeness (QED) is 0.578. The van der Waals surface area contributed by atoms with Crippen molar-refractivity contribution in [3.05, 3.63) is 83.3 Å². The van der Waals surface area contributed by atoms with Gasteiger partial charge in [-0.2, -0.15) is 0 Å². The lowest BCUT2D eigenvalue weighted by molar-refractivity contribution is -0.122. The molecule has 0 aromatic heterocycles. The summed E-state index contributed by atoms with van der Waals surface area (Å²) in [5, 5.41) is 2.90. The molecular formula is C23H19BrN2O3. The highest BCUT2D eigenvalue weighted by Gasteiger charge is 2.35. The Balaban J connectivity index is 1.36. The summed E-state index contributed by atoms with van der Waals surface area (Å²) in [7, 11) is 0. The van der Waals surface area contributed by atoms with E-state index in [0.29, 0.717) is 18.0 Å². The third-order valence-corrected chi connectivity index (χ3v) is 5.26. The second kappa shape index (κ2) is 8.49. The van der Waals surface area contributed by atoms with Crippen LogP contribution in [0, 0.1) is 5.92 Å². The van der Waals surface area contributed by atoms with Gasteiger partial charge in [0.05, 0.1) is 5.92 Å². The van der Waals surface area contributed by atoms with E-state index in [0.717, 1.165) is 15.9 Å². The van der Waals surface area contributed by atoms with Crippen molar-refractivity contribution in [2.24, 2.45) is 5.92 Å². The Morgan fingerprint density at radius 2 is 1.55 bits per heavy atom. The lowest BCUT2D eigenvalue weighted by Crippen LogP contribution is -2.28. The molecule has 3 aromatic carbocycles. The first-order valence-electron chi connectivity index (χ1n) is 9.28. The molecule has 0 bridgehead atoms. The van der Waals surface area contributed by atoms with Crippen LogP contribution in [0.4, 0.5) is 11.4 Å². The zero-order valence-corrected chi connectivity index (χ0v) is 17.1. The van der Waals surface area contributed by atoms with E-state index < -0.39 is 0 Å². The lowest BCUT2D eigenvalue weighted by atomic mass is 10.1. The molecule has 3 aromatic rings. The molecule has 6 heteroatoms. The number of ether oxygens (including phenoxy) is 1. The fourth-order valence-corrected chi connectivity index (χ4v) is 3.49. The number of rotatable bonds is 5. The van der Waals surface area contributed by atoms with Gasteiger partial charge >= 0.3 is 0 Å². The number of para-hydroxylation sites is 1. The van der Waals surface area contributed by atoms with Gasteiger partial charge in [-0.15, -0.1) is 0 Å². The summed E-state index contributed by atoms with van der Waals surface area (Å²) in [5.41, 5.74) is 1.49. The van der Waals surface area contributed by atoms with Crippen LogP contribution in [0.1, 0.15) is 6.42 Å². The predicted molar refractivity (Wildman–Crippen MR) is 116 cm³/mol. The van der Waals surface area contributed by atoms with Gasteiger partial charge in [0, 0.05) is 28.8 Å². The molecule has 2 amide bonds. The molecule has 1 N–H and O–H groups in total. The molecule has 146 valence electrons. The maximum Gasteiger partial charge on any atom is 0.229 e. The first-order chi connectivity index (χ1) is 14.1. The van der Waals surface area contributed by atoms with Crippen LogP contribution in [0.25, 0.3) is 0 Å². The van der Waals surface area contributed by atoms with E-state index in [-0.39, 0.29) is 24.2 Å². The van der Waals surface area contributed by atoms with Gasteiger partial charge in [-0.3, -0.25) is 9.59 Å². The lowest BCUT2D eigenvalue weighted by Gasteiger charge is -2.16. The summed E-state index contributed by atoms with van der Waals surface area (Å²) in [6.45, 7) is 0.388. The number of nitrogens with zero attached hydrogens (tertiary/aromatic N) is 1. The van der Waals surface area contributed by atoms with E-state index in [1.54, 1.807) is 29.2 Å². The van der Waals surface area contributed by atoms with E-state index in [2.05, 4.69) is 21.2 Å². The van der Waals surface area contributed by atoms with Crippen molar-refractivity contribution in [2.75, 3.05) is 16.8 Å². The third kappa shape index (κ3) is 4.66. The van der Waals surface area contributed by atoms with Gasteiger partial charge in [0.15, 0.2) is 0 Å². The molecule has 1 heterocycles. The van der Waals surface area contributed by atoms with Crippen LogP contribution in [0.3, 0.4) is 0 Å². The highest BCUT2D eigenvalue weighted by atomic mass is 79.9. The smallest absolute Gasteiger partial charge is 0.229 e. The van der Waals surface area contributed by atoms with Crippen LogP contribution >= 0.6 is 15.9 Å². The molecule has 4 rings (SSSR count).